The van der Waals surface area contributed by atoms with Crippen molar-refractivity contribution in [3.63, 3.8) is 0 Å². The van der Waals surface area contributed by atoms with Crippen LogP contribution in [0.4, 0.5) is 0 Å². The Morgan fingerprint density at radius 1 is 1.17 bits per heavy atom. The van der Waals surface area contributed by atoms with Crippen molar-refractivity contribution in [2.24, 2.45) is 5.92 Å². The molecule has 7 heteroatoms. The van der Waals surface area contributed by atoms with E-state index in [1.54, 1.807) is 0 Å². The Hall–Kier alpha value is -0.330. The molecule has 3 rings (SSSR count). The molecule has 24 heavy (non-hydrogen) atoms. The van der Waals surface area contributed by atoms with Crippen LogP contribution in [0.1, 0.15) is 24.8 Å². The molecule has 1 amide bonds. The van der Waals surface area contributed by atoms with Gasteiger partial charge in [-0.25, -0.2) is 0 Å². The summed E-state index contributed by atoms with van der Waals surface area (Å²) < 4.78 is 1.12. The van der Waals surface area contributed by atoms with Crippen LogP contribution in [-0.2, 0) is 11.3 Å². The highest BCUT2D eigenvalue weighted by molar-refractivity contribution is 9.10. The maximum Gasteiger partial charge on any atom is 0.224 e. The zero-order valence-electron chi connectivity index (χ0n) is 13.7. The number of halogens is 3. The first kappa shape index (κ1) is 21.7. The Balaban J connectivity index is 0.00000144. The van der Waals surface area contributed by atoms with Crippen LogP contribution in [0.15, 0.2) is 28.7 Å². The number of carbonyl (C=O) groups excluding carboxylic acids is 1. The van der Waals surface area contributed by atoms with Crippen molar-refractivity contribution in [3.05, 3.63) is 34.3 Å². The van der Waals surface area contributed by atoms with Gasteiger partial charge in [-0.15, -0.1) is 24.8 Å². The van der Waals surface area contributed by atoms with Gasteiger partial charge in [-0.3, -0.25) is 9.69 Å². The first-order chi connectivity index (χ1) is 10.7. The summed E-state index contributed by atoms with van der Waals surface area (Å²) in [5.41, 5.74) is 1.35. The van der Waals surface area contributed by atoms with Gasteiger partial charge in [0.25, 0.3) is 0 Å². The molecule has 2 saturated heterocycles. The second-order valence-electron chi connectivity index (χ2n) is 6.38. The molecular formula is C17H26BrCl2N3O. The Labute approximate surface area is 165 Å². The molecule has 1 unspecified atom stereocenters. The summed E-state index contributed by atoms with van der Waals surface area (Å²) in [6.45, 7) is 4.94. The molecule has 4 nitrogen and oxygen atoms in total. The highest BCUT2D eigenvalue weighted by atomic mass is 79.9. The van der Waals surface area contributed by atoms with Crippen molar-refractivity contribution in [2.45, 2.75) is 31.8 Å². The summed E-state index contributed by atoms with van der Waals surface area (Å²) in [5, 5.41) is 6.50. The molecule has 1 aromatic rings. The number of piperidine rings is 1. The molecule has 2 aliphatic heterocycles. The van der Waals surface area contributed by atoms with Crippen LogP contribution in [0, 0.1) is 5.92 Å². The highest BCUT2D eigenvalue weighted by Gasteiger charge is 2.26. The van der Waals surface area contributed by atoms with E-state index >= 15 is 0 Å². The Morgan fingerprint density at radius 2 is 1.83 bits per heavy atom. The lowest BCUT2D eigenvalue weighted by molar-refractivity contribution is -0.125. The molecule has 0 aliphatic carbocycles. The Morgan fingerprint density at radius 3 is 2.42 bits per heavy atom. The van der Waals surface area contributed by atoms with Crippen molar-refractivity contribution in [2.75, 3.05) is 26.2 Å². The van der Waals surface area contributed by atoms with E-state index in [9.17, 15) is 4.79 Å². The Kier molecular flexibility index (Phi) is 9.60. The fourth-order valence-corrected chi connectivity index (χ4v) is 3.55. The highest BCUT2D eigenvalue weighted by Crippen LogP contribution is 2.17. The summed E-state index contributed by atoms with van der Waals surface area (Å²) in [5.74, 6) is 0.428. The molecule has 0 radical (unpaired) electrons. The largest absolute Gasteiger partial charge is 0.353 e. The number of amides is 1. The van der Waals surface area contributed by atoms with E-state index in [2.05, 4.69) is 55.7 Å². The second-order valence-corrected chi connectivity index (χ2v) is 7.29. The van der Waals surface area contributed by atoms with Crippen LogP contribution in [0.5, 0.6) is 0 Å². The summed E-state index contributed by atoms with van der Waals surface area (Å²) in [6.07, 6.45) is 3.10. The summed E-state index contributed by atoms with van der Waals surface area (Å²) >= 11 is 3.47. The minimum atomic E-state index is 0. The summed E-state index contributed by atoms with van der Waals surface area (Å²) in [4.78, 5) is 14.6. The molecule has 1 aromatic carbocycles. The standard InChI is InChI=1S/C17H24BrN3O.2ClH/c18-15-3-1-13(2-4-15)12-21-9-6-16(7-10-21)20-17(22)14-5-8-19-11-14;;/h1-4,14,16,19H,5-12H2,(H,20,22);2*1H. The van der Waals surface area contributed by atoms with Gasteiger partial charge in [0.2, 0.25) is 5.91 Å². The van der Waals surface area contributed by atoms with Crippen molar-refractivity contribution in [1.82, 2.24) is 15.5 Å². The number of hydrogen-bond donors (Lipinski definition) is 2. The van der Waals surface area contributed by atoms with Gasteiger partial charge >= 0.3 is 0 Å². The van der Waals surface area contributed by atoms with E-state index in [0.717, 1.165) is 56.5 Å². The first-order valence-electron chi connectivity index (χ1n) is 8.18. The third-order valence-electron chi connectivity index (χ3n) is 4.68. The average Bonchev–Trinajstić information content (AvgIpc) is 3.06. The predicted octanol–water partition coefficient (Wildman–Crippen LogP) is 2.98. The molecule has 136 valence electrons. The lowest BCUT2D eigenvalue weighted by atomic mass is 10.0. The average molecular weight is 439 g/mol. The van der Waals surface area contributed by atoms with Crippen molar-refractivity contribution >= 4 is 46.7 Å². The van der Waals surface area contributed by atoms with Gasteiger partial charge in [0.1, 0.15) is 0 Å². The number of nitrogens with zero attached hydrogens (tertiary/aromatic N) is 1. The first-order valence-corrected chi connectivity index (χ1v) is 8.98. The van der Waals surface area contributed by atoms with E-state index in [0.29, 0.717) is 6.04 Å². The molecule has 2 heterocycles. The third-order valence-corrected chi connectivity index (χ3v) is 5.21. The van der Waals surface area contributed by atoms with Crippen molar-refractivity contribution < 1.29 is 4.79 Å². The van der Waals surface area contributed by atoms with Crippen LogP contribution >= 0.6 is 40.7 Å². The van der Waals surface area contributed by atoms with Gasteiger partial charge in [-0.1, -0.05) is 28.1 Å². The van der Waals surface area contributed by atoms with Crippen molar-refractivity contribution in [1.29, 1.82) is 0 Å². The van der Waals surface area contributed by atoms with Crippen LogP contribution in [-0.4, -0.2) is 43.0 Å². The quantitative estimate of drug-likeness (QED) is 0.759. The van der Waals surface area contributed by atoms with Gasteiger partial charge in [0.15, 0.2) is 0 Å². The van der Waals surface area contributed by atoms with Crippen LogP contribution in [0.3, 0.4) is 0 Å². The van der Waals surface area contributed by atoms with Gasteiger partial charge in [0, 0.05) is 36.7 Å². The number of benzene rings is 1. The van der Waals surface area contributed by atoms with E-state index in [-0.39, 0.29) is 36.6 Å². The smallest absolute Gasteiger partial charge is 0.224 e. The van der Waals surface area contributed by atoms with Crippen molar-refractivity contribution in [3.8, 4) is 0 Å². The monoisotopic (exact) mass is 437 g/mol. The SMILES string of the molecule is Cl.Cl.O=C(NC1CCN(Cc2ccc(Br)cc2)CC1)C1CCNC1. The van der Waals surface area contributed by atoms with Gasteiger partial charge < -0.3 is 10.6 Å². The molecule has 0 bridgehead atoms. The molecule has 0 saturated carbocycles. The van der Waals surface area contributed by atoms with E-state index < -0.39 is 0 Å². The minimum Gasteiger partial charge on any atom is -0.353 e. The van der Waals surface area contributed by atoms with Gasteiger partial charge in [-0.2, -0.15) is 0 Å². The van der Waals surface area contributed by atoms with Crippen LogP contribution < -0.4 is 10.6 Å². The molecule has 2 aliphatic rings. The summed E-state index contributed by atoms with van der Waals surface area (Å²) in [7, 11) is 0. The van der Waals surface area contributed by atoms with Gasteiger partial charge in [-0.05, 0) is 43.5 Å². The van der Waals surface area contributed by atoms with Crippen LogP contribution in [0.25, 0.3) is 0 Å². The zero-order valence-corrected chi connectivity index (χ0v) is 16.9. The fraction of sp³-hybridized carbons (Fsp3) is 0.588. The molecule has 2 N–H and O–H groups in total. The molecule has 1 atom stereocenters. The lowest BCUT2D eigenvalue weighted by Gasteiger charge is -2.32. The number of carbonyl (C=O) groups is 1. The molecule has 2 fully saturated rings. The maximum atomic E-state index is 12.1. The number of rotatable bonds is 4. The number of hydrogen-bond acceptors (Lipinski definition) is 3. The number of nitrogens with one attached hydrogen (secondary N) is 2. The minimum absolute atomic E-state index is 0. The lowest BCUT2D eigenvalue weighted by Crippen LogP contribution is -2.46. The number of likely N-dealkylation sites (tertiary alicyclic amines) is 1. The third kappa shape index (κ3) is 6.19. The van der Waals surface area contributed by atoms with Gasteiger partial charge in [0.05, 0.1) is 5.92 Å². The topological polar surface area (TPSA) is 44.4 Å². The fourth-order valence-electron chi connectivity index (χ4n) is 3.28. The van der Waals surface area contributed by atoms with Crippen LogP contribution in [0.2, 0.25) is 0 Å². The zero-order chi connectivity index (χ0) is 15.4. The normalized spacial score (nSPS) is 21.6. The predicted molar refractivity (Wildman–Crippen MR) is 106 cm³/mol. The van der Waals surface area contributed by atoms with E-state index in [1.165, 1.54) is 5.56 Å². The summed E-state index contributed by atoms with van der Waals surface area (Å²) in [6, 6.07) is 8.89. The molecule has 0 aromatic heterocycles. The van der Waals surface area contributed by atoms with E-state index in [4.69, 9.17) is 0 Å². The molecule has 0 spiro atoms. The Bertz CT molecular complexity index is 501. The molecular weight excluding hydrogens is 413 g/mol. The second kappa shape index (κ2) is 10.6. The van der Waals surface area contributed by atoms with E-state index in [1.807, 2.05) is 0 Å². The maximum absolute atomic E-state index is 12.1.